The SMILES string of the molecule is NC(CCC(=O)O)C(=O)N1CCCC1C(=O)NC(CC(=O)O)C(=O)NC(Cc1c[nH]c2ccccc12)C(=O)O. The first-order valence-electron chi connectivity index (χ1n) is 12.4. The second-order valence-corrected chi connectivity index (χ2v) is 9.35. The van der Waals surface area contributed by atoms with Crippen LogP contribution in [0, 0.1) is 0 Å². The third-order valence-corrected chi connectivity index (χ3v) is 6.55. The number of H-pyrrole nitrogens is 1. The molecule has 4 unspecified atom stereocenters. The van der Waals surface area contributed by atoms with Gasteiger partial charge in [-0.25, -0.2) is 4.79 Å². The first-order valence-corrected chi connectivity index (χ1v) is 12.4. The fourth-order valence-corrected chi connectivity index (χ4v) is 4.56. The molecule has 0 radical (unpaired) electrons. The molecule has 0 bridgehead atoms. The highest BCUT2D eigenvalue weighted by Gasteiger charge is 2.38. The van der Waals surface area contributed by atoms with Crippen molar-refractivity contribution in [1.29, 1.82) is 0 Å². The van der Waals surface area contributed by atoms with Crippen molar-refractivity contribution in [3.63, 3.8) is 0 Å². The molecule has 8 N–H and O–H groups in total. The van der Waals surface area contributed by atoms with E-state index in [1.807, 2.05) is 6.07 Å². The predicted molar refractivity (Wildman–Crippen MR) is 135 cm³/mol. The first kappa shape index (κ1) is 29.1. The number of aliphatic carboxylic acids is 3. The van der Waals surface area contributed by atoms with Gasteiger partial charge >= 0.3 is 17.9 Å². The van der Waals surface area contributed by atoms with Gasteiger partial charge in [0.1, 0.15) is 18.1 Å². The lowest BCUT2D eigenvalue weighted by Crippen LogP contribution is -2.57. The van der Waals surface area contributed by atoms with Crippen LogP contribution < -0.4 is 16.4 Å². The van der Waals surface area contributed by atoms with Crippen LogP contribution in [-0.4, -0.2) is 91.5 Å². The van der Waals surface area contributed by atoms with Crippen LogP contribution in [0.3, 0.4) is 0 Å². The first-order chi connectivity index (χ1) is 18.5. The number of nitrogens with one attached hydrogen (secondary N) is 3. The van der Waals surface area contributed by atoms with E-state index in [1.165, 1.54) is 4.90 Å². The Hall–Kier alpha value is -4.46. The van der Waals surface area contributed by atoms with Crippen LogP contribution in [0.4, 0.5) is 0 Å². The Balaban J connectivity index is 1.70. The van der Waals surface area contributed by atoms with E-state index in [9.17, 15) is 39.0 Å². The quantitative estimate of drug-likeness (QED) is 0.169. The van der Waals surface area contributed by atoms with Crippen molar-refractivity contribution in [3.8, 4) is 0 Å². The Labute approximate surface area is 222 Å². The zero-order valence-corrected chi connectivity index (χ0v) is 21.0. The van der Waals surface area contributed by atoms with Crippen LogP contribution in [0.2, 0.25) is 0 Å². The van der Waals surface area contributed by atoms with Gasteiger partial charge in [0.15, 0.2) is 0 Å². The van der Waals surface area contributed by atoms with Crippen molar-refractivity contribution < 1.29 is 44.1 Å². The van der Waals surface area contributed by atoms with E-state index in [-0.39, 0.29) is 32.2 Å². The van der Waals surface area contributed by atoms with Crippen molar-refractivity contribution in [2.24, 2.45) is 5.73 Å². The van der Waals surface area contributed by atoms with Crippen LogP contribution in [0.15, 0.2) is 30.5 Å². The van der Waals surface area contributed by atoms with Gasteiger partial charge < -0.3 is 41.6 Å². The molecule has 3 rings (SSSR count). The van der Waals surface area contributed by atoms with Gasteiger partial charge in [-0.2, -0.15) is 0 Å². The van der Waals surface area contributed by atoms with E-state index in [4.69, 9.17) is 10.8 Å². The summed E-state index contributed by atoms with van der Waals surface area (Å²) in [6.45, 7) is 0.180. The van der Waals surface area contributed by atoms with E-state index in [1.54, 1.807) is 24.4 Å². The molecule has 3 amide bonds. The lowest BCUT2D eigenvalue weighted by molar-refractivity contribution is -0.145. The molecule has 14 nitrogen and oxygen atoms in total. The molecule has 1 aliphatic heterocycles. The number of carbonyl (C=O) groups excluding carboxylic acids is 3. The average Bonchev–Trinajstić information content (AvgIpc) is 3.53. The van der Waals surface area contributed by atoms with E-state index < -0.39 is 66.2 Å². The Bertz CT molecular complexity index is 1260. The summed E-state index contributed by atoms with van der Waals surface area (Å²) in [5.41, 5.74) is 7.21. The highest BCUT2D eigenvalue weighted by Crippen LogP contribution is 2.21. The third-order valence-electron chi connectivity index (χ3n) is 6.55. The maximum absolute atomic E-state index is 13.0. The van der Waals surface area contributed by atoms with Crippen LogP contribution in [-0.2, 0) is 35.2 Å². The van der Waals surface area contributed by atoms with Crippen molar-refractivity contribution in [2.75, 3.05) is 6.54 Å². The van der Waals surface area contributed by atoms with Crippen molar-refractivity contribution in [3.05, 3.63) is 36.0 Å². The van der Waals surface area contributed by atoms with Crippen LogP contribution in [0.1, 0.15) is 37.7 Å². The van der Waals surface area contributed by atoms with Gasteiger partial charge in [0, 0.05) is 36.5 Å². The molecule has 210 valence electrons. The van der Waals surface area contributed by atoms with Crippen LogP contribution in [0.25, 0.3) is 10.9 Å². The number of hydrogen-bond donors (Lipinski definition) is 7. The van der Waals surface area contributed by atoms with Gasteiger partial charge in [0.2, 0.25) is 17.7 Å². The summed E-state index contributed by atoms with van der Waals surface area (Å²) in [7, 11) is 0. The molecule has 1 fully saturated rings. The standard InChI is InChI=1S/C25H31N5O9/c26-15(7-8-20(31)32)24(37)30-9-3-6-19(30)23(36)28-17(11-21(33)34)22(35)29-18(25(38)39)10-13-12-27-16-5-2-1-4-14(13)16/h1-2,4-5,12,15,17-19,27H,3,6-11,26H2,(H,28,36)(H,29,35)(H,31,32)(H,33,34)(H,38,39). The number of nitrogens with zero attached hydrogens (tertiary/aromatic N) is 1. The maximum atomic E-state index is 13.0. The Morgan fingerprint density at radius 2 is 1.74 bits per heavy atom. The molecule has 1 aromatic heterocycles. The molecule has 0 aliphatic carbocycles. The van der Waals surface area contributed by atoms with E-state index >= 15 is 0 Å². The number of carboxylic acid groups (broad SMARTS) is 3. The zero-order chi connectivity index (χ0) is 28.7. The number of para-hydroxylation sites is 1. The van der Waals surface area contributed by atoms with Gasteiger partial charge in [0.25, 0.3) is 0 Å². The molecular weight excluding hydrogens is 514 g/mol. The number of carboxylic acids is 3. The summed E-state index contributed by atoms with van der Waals surface area (Å²) < 4.78 is 0. The van der Waals surface area contributed by atoms with Gasteiger partial charge in [-0.05, 0) is 30.9 Å². The molecule has 1 saturated heterocycles. The number of nitrogens with two attached hydrogens (primary N) is 1. The molecule has 1 aromatic carbocycles. The zero-order valence-electron chi connectivity index (χ0n) is 21.0. The molecule has 0 saturated carbocycles. The lowest BCUT2D eigenvalue weighted by Gasteiger charge is -2.28. The largest absolute Gasteiger partial charge is 0.481 e. The molecule has 4 atom stereocenters. The van der Waals surface area contributed by atoms with E-state index in [0.717, 1.165) is 10.9 Å². The second kappa shape index (κ2) is 12.9. The minimum atomic E-state index is -1.61. The van der Waals surface area contributed by atoms with Gasteiger partial charge in [-0.15, -0.1) is 0 Å². The Kier molecular flexibility index (Phi) is 9.60. The number of fused-ring (bicyclic) bond motifs is 1. The summed E-state index contributed by atoms with van der Waals surface area (Å²) in [6.07, 6.45) is 0.904. The molecule has 2 heterocycles. The summed E-state index contributed by atoms with van der Waals surface area (Å²) in [4.78, 5) is 77.1. The average molecular weight is 546 g/mol. The number of carbonyl (C=O) groups is 6. The number of amides is 3. The molecule has 0 spiro atoms. The van der Waals surface area contributed by atoms with Crippen LogP contribution in [0.5, 0.6) is 0 Å². The molecular formula is C25H31N5O9. The van der Waals surface area contributed by atoms with Crippen molar-refractivity contribution in [2.45, 2.75) is 62.7 Å². The minimum Gasteiger partial charge on any atom is -0.481 e. The highest BCUT2D eigenvalue weighted by atomic mass is 16.4. The maximum Gasteiger partial charge on any atom is 0.326 e. The van der Waals surface area contributed by atoms with Crippen molar-refractivity contribution >= 4 is 46.5 Å². The topological polar surface area (TPSA) is 232 Å². The lowest BCUT2D eigenvalue weighted by atomic mass is 10.0. The number of aromatic amines is 1. The number of hydrogen-bond acceptors (Lipinski definition) is 7. The number of aromatic nitrogens is 1. The minimum absolute atomic E-state index is 0.0992. The monoisotopic (exact) mass is 545 g/mol. The number of likely N-dealkylation sites (tertiary alicyclic amines) is 1. The predicted octanol–water partition coefficient (Wildman–Crippen LogP) is -0.578. The molecule has 39 heavy (non-hydrogen) atoms. The Morgan fingerprint density at radius 1 is 1.03 bits per heavy atom. The Morgan fingerprint density at radius 3 is 2.41 bits per heavy atom. The molecule has 1 aliphatic rings. The van der Waals surface area contributed by atoms with Crippen molar-refractivity contribution in [1.82, 2.24) is 20.5 Å². The smallest absolute Gasteiger partial charge is 0.326 e. The number of rotatable bonds is 13. The normalized spacial score (nSPS) is 17.3. The number of benzene rings is 1. The van der Waals surface area contributed by atoms with E-state index in [2.05, 4.69) is 15.6 Å². The molecule has 14 heteroatoms. The summed E-state index contributed by atoms with van der Waals surface area (Å²) >= 11 is 0. The summed E-state index contributed by atoms with van der Waals surface area (Å²) in [6, 6.07) is 1.97. The molecule has 2 aromatic rings. The fourth-order valence-electron chi connectivity index (χ4n) is 4.56. The summed E-state index contributed by atoms with van der Waals surface area (Å²) in [5.74, 6) is -6.31. The second-order valence-electron chi connectivity index (χ2n) is 9.35. The highest BCUT2D eigenvalue weighted by molar-refractivity contribution is 5.96. The fraction of sp³-hybridized carbons (Fsp3) is 0.440. The van der Waals surface area contributed by atoms with Gasteiger partial charge in [-0.1, -0.05) is 18.2 Å². The van der Waals surface area contributed by atoms with Gasteiger partial charge in [0.05, 0.1) is 12.5 Å². The van der Waals surface area contributed by atoms with E-state index in [0.29, 0.717) is 12.0 Å². The van der Waals surface area contributed by atoms with Gasteiger partial charge in [-0.3, -0.25) is 24.0 Å². The van der Waals surface area contributed by atoms with Crippen LogP contribution >= 0.6 is 0 Å². The summed E-state index contributed by atoms with van der Waals surface area (Å²) in [5, 5.41) is 33.3. The third kappa shape index (κ3) is 7.54.